The predicted octanol–water partition coefficient (Wildman–Crippen LogP) is -2.52. The normalized spacial score (nSPS) is 35.8. The molecule has 10 atom stereocenters. The van der Waals surface area contributed by atoms with Crippen molar-refractivity contribution in [3.8, 4) is 0 Å². The maximum atomic E-state index is 13.1. The van der Waals surface area contributed by atoms with Crippen molar-refractivity contribution in [1.82, 2.24) is 49.2 Å². The SMILES string of the molecule is Nc1nc2c(ncn2[C@@H]2O[C@@H]3CO[P+](=O)N[C@H]4[C@@H](O)[C@H](n5cnc6c(N)ncnc65)O[C@@H]4COP(O)(=S)N[C@H]3[C@H]2O)c(=O)[nH]1. The molecule has 0 amide bonds. The third kappa shape index (κ3) is 5.07. The van der Waals surface area contributed by atoms with Crippen LogP contribution in [0.4, 0.5) is 11.8 Å². The fraction of sp³-hybridized carbons (Fsp3) is 0.500. The summed E-state index contributed by atoms with van der Waals surface area (Å²) < 4.78 is 39.1. The minimum absolute atomic E-state index is 0.0364. The van der Waals surface area contributed by atoms with Crippen molar-refractivity contribution in [1.29, 1.82) is 0 Å². The molecule has 2 unspecified atom stereocenters. The van der Waals surface area contributed by atoms with Gasteiger partial charge in [0.15, 0.2) is 35.1 Å². The summed E-state index contributed by atoms with van der Waals surface area (Å²) in [4.78, 5) is 46.1. The highest BCUT2D eigenvalue weighted by Gasteiger charge is 2.52. The number of aromatic amines is 1. The van der Waals surface area contributed by atoms with Gasteiger partial charge in [0.2, 0.25) is 5.95 Å². The lowest BCUT2D eigenvalue weighted by molar-refractivity contribution is -0.0467. The highest BCUT2D eigenvalue weighted by Crippen LogP contribution is 2.45. The van der Waals surface area contributed by atoms with Gasteiger partial charge in [0.25, 0.3) is 12.2 Å². The van der Waals surface area contributed by atoms with E-state index in [0.29, 0.717) is 5.52 Å². The van der Waals surface area contributed by atoms with Gasteiger partial charge in [-0.25, -0.2) is 25.0 Å². The first-order chi connectivity index (χ1) is 21.0. The standard InChI is InChI=1S/C20H24N12O9P2S/c21-14-10-15(24-3-23-14)31(4-25-10)18-12(33)8-7(41-18)2-39-43(37,44)30-9-6(1-38-42(36)29-8)40-19(13(9)34)32-5-26-11-16(32)27-20(22)28-17(11)35/h3-9,12-13,18-19,33-34H,1-2H2,(H7-,21,22,23,24,27,28,29,30,35,36,37,44)/p+1/t6-,7-,8-,9-,12-,13-,18-,19-,43?/m1/s1. The van der Waals surface area contributed by atoms with Crippen molar-refractivity contribution in [2.75, 3.05) is 24.7 Å². The Morgan fingerprint density at radius 1 is 0.977 bits per heavy atom. The Labute approximate surface area is 251 Å². The molecular formula is C20H25N12O9P2S+. The molecule has 7 rings (SSSR count). The number of anilines is 2. The van der Waals surface area contributed by atoms with Crippen molar-refractivity contribution < 1.29 is 38.2 Å². The Bertz CT molecular complexity index is 1870. The molecule has 3 aliphatic heterocycles. The van der Waals surface area contributed by atoms with Gasteiger partial charge in [-0.3, -0.25) is 18.9 Å². The molecule has 24 heteroatoms. The molecule has 4 aromatic heterocycles. The lowest BCUT2D eigenvalue weighted by atomic mass is 10.1. The van der Waals surface area contributed by atoms with Crippen LogP contribution in [0.3, 0.4) is 0 Å². The Kier molecular flexibility index (Phi) is 7.43. The average molecular weight is 672 g/mol. The number of nitrogens with two attached hydrogens (primary N) is 2. The van der Waals surface area contributed by atoms with Crippen LogP contribution < -0.4 is 27.2 Å². The van der Waals surface area contributed by atoms with Gasteiger partial charge in [-0.05, 0) is 16.4 Å². The molecule has 0 radical (unpaired) electrons. The van der Waals surface area contributed by atoms with E-state index >= 15 is 0 Å². The molecule has 3 saturated heterocycles. The minimum Gasteiger partial charge on any atom is -0.387 e. The zero-order valence-electron chi connectivity index (χ0n) is 22.1. The number of aliphatic hydroxyl groups is 2. The number of imidazole rings is 2. The molecule has 0 saturated carbocycles. The summed E-state index contributed by atoms with van der Waals surface area (Å²) in [6.07, 6.45) is -3.21. The first kappa shape index (κ1) is 29.6. The quantitative estimate of drug-likeness (QED) is 0.102. The van der Waals surface area contributed by atoms with Gasteiger partial charge in [0, 0.05) is 0 Å². The van der Waals surface area contributed by atoms with E-state index in [4.69, 9.17) is 41.8 Å². The monoisotopic (exact) mass is 671 g/mol. The van der Waals surface area contributed by atoms with E-state index in [2.05, 4.69) is 40.1 Å². The van der Waals surface area contributed by atoms with Crippen molar-refractivity contribution >= 4 is 60.7 Å². The fourth-order valence-electron chi connectivity index (χ4n) is 5.43. The van der Waals surface area contributed by atoms with Gasteiger partial charge < -0.3 is 40.6 Å². The number of H-pyrrole nitrogens is 1. The third-order valence-corrected chi connectivity index (χ3v) is 10.1. The van der Waals surface area contributed by atoms with Crippen LogP contribution >= 0.6 is 14.8 Å². The number of aliphatic hydroxyl groups excluding tert-OH is 2. The highest BCUT2D eigenvalue weighted by atomic mass is 32.5. The van der Waals surface area contributed by atoms with Gasteiger partial charge in [0.05, 0.1) is 25.3 Å². The number of rotatable bonds is 2. The molecule has 21 nitrogen and oxygen atoms in total. The molecular weight excluding hydrogens is 646 g/mol. The Morgan fingerprint density at radius 3 is 2.39 bits per heavy atom. The van der Waals surface area contributed by atoms with Gasteiger partial charge in [-0.1, -0.05) is 5.09 Å². The Hall–Kier alpha value is -3.11. The molecule has 0 aliphatic carbocycles. The molecule has 0 aromatic carbocycles. The highest BCUT2D eigenvalue weighted by molar-refractivity contribution is 8.08. The number of hydrogen-bond acceptors (Lipinski definition) is 16. The first-order valence-corrected chi connectivity index (χ1v) is 16.8. The van der Waals surface area contributed by atoms with E-state index < -0.39 is 69.3 Å². The molecule has 10 N–H and O–H groups in total. The lowest BCUT2D eigenvalue weighted by Gasteiger charge is -2.27. The van der Waals surface area contributed by atoms with Gasteiger partial charge in [0.1, 0.15) is 48.9 Å². The summed E-state index contributed by atoms with van der Waals surface area (Å²) in [5.41, 5.74) is 11.5. The number of nitrogens with zero attached hydrogens (tertiary/aromatic N) is 7. The topological polar surface area (TPSA) is 298 Å². The summed E-state index contributed by atoms with van der Waals surface area (Å²) in [5, 5.41) is 28.0. The van der Waals surface area contributed by atoms with Crippen LogP contribution in [0.2, 0.25) is 0 Å². The van der Waals surface area contributed by atoms with Gasteiger partial charge >= 0.3 is 8.18 Å². The van der Waals surface area contributed by atoms with E-state index in [9.17, 15) is 24.5 Å². The smallest absolute Gasteiger partial charge is 0.387 e. The van der Waals surface area contributed by atoms with E-state index in [1.807, 2.05) is 0 Å². The second kappa shape index (κ2) is 11.1. The van der Waals surface area contributed by atoms with Crippen LogP contribution in [0, 0.1) is 0 Å². The summed E-state index contributed by atoms with van der Waals surface area (Å²) in [6.45, 7) is -4.60. The molecule has 234 valence electrons. The molecule has 44 heavy (non-hydrogen) atoms. The molecule has 4 aromatic rings. The maximum absolute atomic E-state index is 13.1. The zero-order valence-corrected chi connectivity index (χ0v) is 24.7. The van der Waals surface area contributed by atoms with Gasteiger partial charge in [-0.15, -0.1) is 4.52 Å². The molecule has 3 fully saturated rings. The van der Waals surface area contributed by atoms with Crippen LogP contribution in [0.1, 0.15) is 12.5 Å². The van der Waals surface area contributed by atoms with E-state index in [0.717, 1.165) is 0 Å². The van der Waals surface area contributed by atoms with Crippen molar-refractivity contribution in [3.05, 3.63) is 29.3 Å². The van der Waals surface area contributed by atoms with Crippen LogP contribution in [0.15, 0.2) is 23.8 Å². The minimum atomic E-state index is -3.87. The third-order valence-electron chi connectivity index (χ3n) is 7.47. The maximum Gasteiger partial charge on any atom is 0.613 e. The summed E-state index contributed by atoms with van der Waals surface area (Å²) in [5.74, 6) is -0.0481. The Morgan fingerprint density at radius 2 is 1.64 bits per heavy atom. The van der Waals surface area contributed by atoms with Crippen LogP contribution in [-0.2, 0) is 34.9 Å². The van der Waals surface area contributed by atoms with Crippen LogP contribution in [0.5, 0.6) is 0 Å². The lowest BCUT2D eigenvalue weighted by Crippen LogP contribution is -2.46. The summed E-state index contributed by atoms with van der Waals surface area (Å²) >= 11 is 5.34. The van der Waals surface area contributed by atoms with E-state index in [-0.39, 0.29) is 41.8 Å². The molecule has 0 spiro atoms. The van der Waals surface area contributed by atoms with E-state index in [1.54, 1.807) is 0 Å². The van der Waals surface area contributed by atoms with Crippen LogP contribution in [-0.4, -0.2) is 104 Å². The summed E-state index contributed by atoms with van der Waals surface area (Å²) in [7, 11) is -2.65. The number of ether oxygens (including phenoxy) is 2. The number of nitrogen functional groups attached to an aromatic ring is 2. The number of nitrogens with one attached hydrogen (secondary N) is 3. The second-order valence-electron chi connectivity index (χ2n) is 10.1. The van der Waals surface area contributed by atoms with Crippen molar-refractivity contribution in [3.63, 3.8) is 0 Å². The van der Waals surface area contributed by atoms with Crippen molar-refractivity contribution in [2.24, 2.45) is 0 Å². The average Bonchev–Trinajstić information content (AvgIpc) is 3.72. The summed E-state index contributed by atoms with van der Waals surface area (Å²) in [6, 6.07) is -2.13. The first-order valence-electron chi connectivity index (χ1n) is 12.9. The largest absolute Gasteiger partial charge is 0.613 e. The van der Waals surface area contributed by atoms with Gasteiger partial charge in [-0.2, -0.15) is 4.98 Å². The molecule has 3 aliphatic rings. The number of fused-ring (bicyclic) bond motifs is 4. The fourth-order valence-corrected chi connectivity index (χ4v) is 8.02. The predicted molar refractivity (Wildman–Crippen MR) is 152 cm³/mol. The van der Waals surface area contributed by atoms with Crippen LogP contribution in [0.25, 0.3) is 22.3 Å². The van der Waals surface area contributed by atoms with Crippen molar-refractivity contribution in [2.45, 2.75) is 49.0 Å². The molecule has 0 bridgehead atoms. The number of aromatic nitrogens is 8. The van der Waals surface area contributed by atoms with E-state index in [1.165, 1.54) is 28.1 Å². The zero-order chi connectivity index (χ0) is 30.9. The number of hydrogen-bond donors (Lipinski definition) is 8. The molecule has 7 heterocycles. The Balaban J connectivity index is 1.15. The second-order valence-corrected chi connectivity index (χ2v) is 14.2.